The smallest absolute Gasteiger partial charge is 0.238 e. The molecule has 1 aliphatic heterocycles. The van der Waals surface area contributed by atoms with Gasteiger partial charge in [0.25, 0.3) is 0 Å². The summed E-state index contributed by atoms with van der Waals surface area (Å²) in [5.74, 6) is -0.277. The van der Waals surface area contributed by atoms with E-state index in [4.69, 9.17) is 16.3 Å². The molecule has 0 spiro atoms. The minimum Gasteiger partial charge on any atom is -0.382 e. The van der Waals surface area contributed by atoms with Crippen molar-refractivity contribution < 1.29 is 17.9 Å². The molecule has 1 atom stereocenters. The summed E-state index contributed by atoms with van der Waals surface area (Å²) in [4.78, 5) is 22.7. The number of amides is 1. The maximum absolute atomic E-state index is 12.9. The van der Waals surface area contributed by atoms with Crippen LogP contribution in [0.25, 0.3) is 17.0 Å². The summed E-state index contributed by atoms with van der Waals surface area (Å²) in [5.41, 5.74) is 1.78. The number of hydrogen-bond donors (Lipinski definition) is 1. The lowest BCUT2D eigenvalue weighted by molar-refractivity contribution is -0.140. The molecule has 1 amide bonds. The van der Waals surface area contributed by atoms with Gasteiger partial charge in [-0.1, -0.05) is 11.6 Å². The van der Waals surface area contributed by atoms with Crippen molar-refractivity contribution in [2.24, 2.45) is 0 Å². The van der Waals surface area contributed by atoms with Gasteiger partial charge in [0.15, 0.2) is 0 Å². The van der Waals surface area contributed by atoms with E-state index in [1.807, 2.05) is 12.1 Å². The van der Waals surface area contributed by atoms with Crippen molar-refractivity contribution >= 4 is 55.8 Å². The Morgan fingerprint density at radius 1 is 1.39 bits per heavy atom. The number of methoxy groups -OCH3 is 1. The third-order valence-corrected chi connectivity index (χ3v) is 7.70. The summed E-state index contributed by atoms with van der Waals surface area (Å²) in [5, 5.41) is 2.07. The second-order valence-corrected chi connectivity index (χ2v) is 10.7. The second-order valence-electron chi connectivity index (χ2n) is 7.17. The zero-order valence-electron chi connectivity index (χ0n) is 16.7. The van der Waals surface area contributed by atoms with Crippen LogP contribution in [0.5, 0.6) is 0 Å². The Balaban J connectivity index is 1.52. The highest BCUT2D eigenvalue weighted by atomic mass is 35.5. The monoisotopic (exact) mass is 480 g/mol. The molecule has 0 bridgehead atoms. The summed E-state index contributed by atoms with van der Waals surface area (Å²) >= 11 is 7.18. The van der Waals surface area contributed by atoms with E-state index in [0.717, 1.165) is 26.9 Å². The zero-order chi connectivity index (χ0) is 22.0. The number of carbonyl (C=O) groups excluding carboxylic acids is 1. The molecule has 4 heterocycles. The third kappa shape index (κ3) is 4.99. The molecular weight excluding hydrogens is 460 g/mol. The number of ether oxygens (including phenoxy) is 1. The highest BCUT2D eigenvalue weighted by Crippen LogP contribution is 2.24. The Hall–Kier alpha value is -2.24. The number of aromatic amines is 1. The van der Waals surface area contributed by atoms with E-state index >= 15 is 0 Å². The Morgan fingerprint density at radius 2 is 2.23 bits per heavy atom. The molecule has 0 saturated carbocycles. The number of sulfonamides is 1. The minimum atomic E-state index is -3.78. The lowest BCUT2D eigenvalue weighted by Crippen LogP contribution is -2.58. The Kier molecular flexibility index (Phi) is 6.44. The molecule has 0 aliphatic carbocycles. The van der Waals surface area contributed by atoms with Crippen molar-refractivity contribution in [2.75, 3.05) is 26.8 Å². The van der Waals surface area contributed by atoms with Gasteiger partial charge in [-0.15, -0.1) is 11.3 Å². The first-order chi connectivity index (χ1) is 14.9. The molecule has 1 unspecified atom stereocenters. The molecule has 0 radical (unpaired) electrons. The number of piperazine rings is 1. The average molecular weight is 481 g/mol. The van der Waals surface area contributed by atoms with Crippen molar-refractivity contribution in [3.63, 3.8) is 0 Å². The van der Waals surface area contributed by atoms with E-state index < -0.39 is 16.1 Å². The predicted octanol–water partition coefficient (Wildman–Crippen LogP) is 2.94. The van der Waals surface area contributed by atoms with Crippen LogP contribution in [0.1, 0.15) is 10.6 Å². The Morgan fingerprint density at radius 3 is 2.94 bits per heavy atom. The van der Waals surface area contributed by atoms with Gasteiger partial charge in [0, 0.05) is 52.9 Å². The number of hydrogen-bond acceptors (Lipinski definition) is 6. The molecule has 3 aromatic heterocycles. The number of thiophene rings is 1. The number of rotatable bonds is 7. The van der Waals surface area contributed by atoms with Crippen molar-refractivity contribution in [2.45, 2.75) is 12.6 Å². The van der Waals surface area contributed by atoms with Gasteiger partial charge < -0.3 is 14.6 Å². The van der Waals surface area contributed by atoms with Crippen molar-refractivity contribution in [1.29, 1.82) is 0 Å². The molecule has 11 heteroatoms. The number of fused-ring (bicyclic) bond motifs is 1. The first-order valence-corrected chi connectivity index (χ1v) is 12.2. The van der Waals surface area contributed by atoms with Crippen LogP contribution in [0.15, 0.2) is 42.1 Å². The molecule has 1 saturated heterocycles. The molecule has 0 aromatic carbocycles. The highest BCUT2D eigenvalue weighted by molar-refractivity contribution is 7.92. The third-order valence-electron chi connectivity index (χ3n) is 5.02. The molecule has 164 valence electrons. The summed E-state index contributed by atoms with van der Waals surface area (Å²) in [7, 11) is -2.24. The van der Waals surface area contributed by atoms with Crippen LogP contribution in [0, 0.1) is 0 Å². The number of carbonyl (C=O) groups is 1. The van der Waals surface area contributed by atoms with Gasteiger partial charge in [-0.05, 0) is 30.3 Å². The maximum Gasteiger partial charge on any atom is 0.238 e. The van der Waals surface area contributed by atoms with Gasteiger partial charge in [-0.2, -0.15) is 4.31 Å². The Bertz CT molecular complexity index is 1190. The minimum absolute atomic E-state index is 0.152. The molecule has 8 nitrogen and oxygen atoms in total. The van der Waals surface area contributed by atoms with Gasteiger partial charge in [0.2, 0.25) is 15.9 Å². The number of H-pyrrole nitrogens is 1. The van der Waals surface area contributed by atoms with E-state index in [-0.39, 0.29) is 25.6 Å². The van der Waals surface area contributed by atoms with Crippen LogP contribution in [-0.4, -0.2) is 66.3 Å². The van der Waals surface area contributed by atoms with Crippen LogP contribution >= 0.6 is 22.9 Å². The molecule has 1 aliphatic rings. The molecule has 1 N–H and O–H groups in total. The average Bonchev–Trinajstić information content (AvgIpc) is 3.34. The van der Waals surface area contributed by atoms with Gasteiger partial charge in [0.05, 0.1) is 30.1 Å². The number of nitrogens with zero attached hydrogens (tertiary/aromatic N) is 3. The summed E-state index contributed by atoms with van der Waals surface area (Å²) < 4.78 is 32.7. The number of halogens is 1. The standard InChI is InChI=1S/C20H21ClN4O4S2/c1-29-13-16-11-24(31(27,28)7-5-17-2-3-19(21)30-17)12-20(26)25(16)10-15-8-14-9-22-6-4-18(14)23-15/h2-9,16,23H,10-13H2,1H3. The van der Waals surface area contributed by atoms with Crippen LogP contribution in [0.2, 0.25) is 4.34 Å². The van der Waals surface area contributed by atoms with Crippen LogP contribution < -0.4 is 0 Å². The van der Waals surface area contributed by atoms with Crippen LogP contribution in [0.3, 0.4) is 0 Å². The topological polar surface area (TPSA) is 95.6 Å². The van der Waals surface area contributed by atoms with Gasteiger partial charge in [-0.25, -0.2) is 8.42 Å². The maximum atomic E-state index is 12.9. The molecule has 4 rings (SSSR count). The Labute approximate surface area is 189 Å². The fourth-order valence-corrected chi connectivity index (χ4v) is 5.76. The van der Waals surface area contributed by atoms with E-state index in [0.29, 0.717) is 10.9 Å². The molecular formula is C20H21ClN4O4S2. The fraction of sp³-hybridized carbons (Fsp3) is 0.300. The van der Waals surface area contributed by atoms with Gasteiger partial charge in [0.1, 0.15) is 0 Å². The fourth-order valence-electron chi connectivity index (χ4n) is 3.55. The quantitative estimate of drug-likeness (QED) is 0.561. The number of pyridine rings is 1. The largest absolute Gasteiger partial charge is 0.382 e. The van der Waals surface area contributed by atoms with E-state index in [1.165, 1.54) is 28.8 Å². The first kappa shape index (κ1) is 22.0. The van der Waals surface area contributed by atoms with E-state index in [9.17, 15) is 13.2 Å². The van der Waals surface area contributed by atoms with Crippen molar-refractivity contribution in [1.82, 2.24) is 19.2 Å². The van der Waals surface area contributed by atoms with Crippen LogP contribution in [0.4, 0.5) is 0 Å². The predicted molar refractivity (Wildman–Crippen MR) is 121 cm³/mol. The van der Waals surface area contributed by atoms with Crippen LogP contribution in [-0.2, 0) is 26.1 Å². The lowest BCUT2D eigenvalue weighted by atomic mass is 10.2. The lowest BCUT2D eigenvalue weighted by Gasteiger charge is -2.39. The summed E-state index contributed by atoms with van der Waals surface area (Å²) in [6.07, 6.45) is 4.94. The summed E-state index contributed by atoms with van der Waals surface area (Å²) in [6.45, 7) is 0.488. The number of aromatic nitrogens is 2. The zero-order valence-corrected chi connectivity index (χ0v) is 19.1. The van der Waals surface area contributed by atoms with E-state index in [2.05, 4.69) is 9.97 Å². The number of nitrogens with one attached hydrogen (secondary N) is 1. The molecule has 31 heavy (non-hydrogen) atoms. The molecule has 3 aromatic rings. The normalized spacial score (nSPS) is 18.5. The van der Waals surface area contributed by atoms with E-state index in [1.54, 1.807) is 29.4 Å². The second kappa shape index (κ2) is 9.09. The first-order valence-electron chi connectivity index (χ1n) is 9.49. The van der Waals surface area contributed by atoms with Crippen molar-refractivity contribution in [3.8, 4) is 0 Å². The highest BCUT2D eigenvalue weighted by Gasteiger charge is 2.37. The summed E-state index contributed by atoms with van der Waals surface area (Å²) in [6, 6.07) is 6.85. The molecule has 1 fully saturated rings. The van der Waals surface area contributed by atoms with Crippen molar-refractivity contribution in [3.05, 3.63) is 57.0 Å². The SMILES string of the molecule is COCC1CN(S(=O)(=O)C=Cc2ccc(Cl)s2)CC(=O)N1Cc1cc2cnccc2[nH]1. The van der Waals surface area contributed by atoms with Gasteiger partial charge >= 0.3 is 0 Å². The van der Waals surface area contributed by atoms with Gasteiger partial charge in [-0.3, -0.25) is 9.78 Å².